The van der Waals surface area contributed by atoms with E-state index in [2.05, 4.69) is 0 Å². The van der Waals surface area contributed by atoms with Gasteiger partial charge in [-0.1, -0.05) is 84.8 Å². The van der Waals surface area contributed by atoms with E-state index in [0.717, 1.165) is 10.8 Å². The Labute approximate surface area is 264 Å². The van der Waals surface area contributed by atoms with Crippen LogP contribution < -0.4 is 4.90 Å². The molecule has 0 unspecified atom stereocenters. The van der Waals surface area contributed by atoms with Crippen LogP contribution in [0.25, 0.3) is 65.8 Å². The van der Waals surface area contributed by atoms with Gasteiger partial charge in [-0.3, -0.25) is 0 Å². The van der Waals surface area contributed by atoms with Gasteiger partial charge in [0.1, 0.15) is 22.3 Å². The maximum Gasteiger partial charge on any atom is 0.137 e. The topological polar surface area (TPSA) is 29.5 Å². The molecule has 0 spiro atoms. The molecule has 0 fully saturated rings. The highest BCUT2D eigenvalue weighted by Crippen LogP contribution is 2.40. The van der Waals surface area contributed by atoms with Gasteiger partial charge in [-0.05, 0) is 82.4 Å². The first-order valence-electron chi connectivity index (χ1n) is 19.5. The summed E-state index contributed by atoms with van der Waals surface area (Å²) < 4.78 is 115. The van der Waals surface area contributed by atoms with Crippen molar-refractivity contribution in [3.63, 3.8) is 0 Å². The molecule has 0 aliphatic rings. The van der Waals surface area contributed by atoms with Crippen molar-refractivity contribution in [1.29, 1.82) is 0 Å². The van der Waals surface area contributed by atoms with Gasteiger partial charge in [0, 0.05) is 44.7 Å². The number of benzene rings is 7. The van der Waals surface area contributed by atoms with E-state index in [1.165, 1.54) is 0 Å². The molecule has 9 aromatic rings. The monoisotopic (exact) mass is 563 g/mol. The van der Waals surface area contributed by atoms with Crippen LogP contribution in [-0.4, -0.2) is 0 Å². The molecule has 43 heavy (non-hydrogen) atoms. The zero-order chi connectivity index (χ0) is 38.8. The third-order valence-electron chi connectivity index (χ3n) is 7.61. The average molecular weight is 564 g/mol. The second-order valence-corrected chi connectivity index (χ2v) is 10.1. The van der Waals surface area contributed by atoms with Gasteiger partial charge >= 0.3 is 0 Å². The lowest BCUT2D eigenvalue weighted by atomic mass is 9.98. The molecule has 2 heterocycles. The van der Waals surface area contributed by atoms with Crippen molar-refractivity contribution in [1.82, 2.24) is 0 Å². The van der Waals surface area contributed by atoms with Crippen LogP contribution in [0.15, 0.2) is 160 Å². The van der Waals surface area contributed by atoms with Crippen molar-refractivity contribution < 1.29 is 25.3 Å². The summed E-state index contributed by atoms with van der Waals surface area (Å²) in [5.41, 5.74) is 2.73. The minimum Gasteiger partial charge on any atom is -0.456 e. The number of rotatable bonds is 4. The van der Waals surface area contributed by atoms with E-state index in [1.54, 1.807) is 53.4 Å². The lowest BCUT2D eigenvalue weighted by molar-refractivity contribution is 0.668. The van der Waals surface area contributed by atoms with Gasteiger partial charge in [-0.25, -0.2) is 0 Å². The molecule has 0 N–H and O–H groups in total. The molecule has 0 bridgehead atoms. The molecule has 0 aliphatic carbocycles. The van der Waals surface area contributed by atoms with Crippen LogP contribution >= 0.6 is 0 Å². The SMILES string of the molecule is [2H]c1c([2H])c([2H])c(N(c2ccc(-c3ccc4c([2H])c([2H])c5oc6c([2H])c([2H])c([2H])c([2H])c6c5c4c3[2H])cc2)c2ccc3c(c2)oc2ccccc23)c([2H])c1[2H]. The summed E-state index contributed by atoms with van der Waals surface area (Å²) in [5.74, 6) is 0. The van der Waals surface area contributed by atoms with Crippen LogP contribution in [-0.2, 0) is 0 Å². The van der Waals surface area contributed by atoms with Gasteiger partial charge in [-0.15, -0.1) is 0 Å². The number of fused-ring (bicyclic) bond motifs is 8. The van der Waals surface area contributed by atoms with E-state index < -0.39 is 48.3 Å². The van der Waals surface area contributed by atoms with Gasteiger partial charge < -0.3 is 13.7 Å². The molecule has 3 nitrogen and oxygen atoms in total. The van der Waals surface area contributed by atoms with E-state index >= 15 is 0 Å². The maximum atomic E-state index is 9.41. The third kappa shape index (κ3) is 3.83. The first kappa shape index (κ1) is 14.9. The molecule has 0 radical (unpaired) electrons. The van der Waals surface area contributed by atoms with Crippen molar-refractivity contribution in [3.05, 3.63) is 151 Å². The van der Waals surface area contributed by atoms with Crippen LogP contribution in [0.1, 0.15) is 16.4 Å². The zero-order valence-electron chi connectivity index (χ0n) is 34.3. The quantitative estimate of drug-likeness (QED) is 0.213. The Hall–Kier alpha value is -5.80. The summed E-state index contributed by atoms with van der Waals surface area (Å²) in [6.07, 6.45) is 0. The summed E-state index contributed by atoms with van der Waals surface area (Å²) in [7, 11) is 0. The smallest absolute Gasteiger partial charge is 0.137 e. The first-order chi connectivity index (χ1) is 26.3. The molecule has 0 amide bonds. The highest BCUT2D eigenvalue weighted by Gasteiger charge is 2.16. The van der Waals surface area contributed by atoms with Crippen LogP contribution in [0.5, 0.6) is 0 Å². The minimum absolute atomic E-state index is 0.0242. The summed E-state index contributed by atoms with van der Waals surface area (Å²) in [5, 5.41) is 2.36. The Morgan fingerprint density at radius 3 is 2.12 bits per heavy atom. The Kier molecular flexibility index (Phi) is 3.25. The lowest BCUT2D eigenvalue weighted by Crippen LogP contribution is -2.09. The lowest BCUT2D eigenvalue weighted by Gasteiger charge is -2.25. The number of para-hydroxylation sites is 3. The fourth-order valence-corrected chi connectivity index (χ4v) is 5.64. The van der Waals surface area contributed by atoms with E-state index in [-0.39, 0.29) is 62.6 Å². The average Bonchev–Trinajstić information content (AvgIpc) is 3.78. The first-order valence-corrected chi connectivity index (χ1v) is 13.5. The fourth-order valence-electron chi connectivity index (χ4n) is 5.64. The van der Waals surface area contributed by atoms with E-state index in [0.29, 0.717) is 33.7 Å². The van der Waals surface area contributed by atoms with Crippen LogP contribution in [0.2, 0.25) is 0 Å². The Bertz CT molecular complexity index is 3110. The van der Waals surface area contributed by atoms with Gasteiger partial charge in [-0.2, -0.15) is 0 Å². The summed E-state index contributed by atoms with van der Waals surface area (Å²) in [6, 6.07) is 18.3. The summed E-state index contributed by atoms with van der Waals surface area (Å²) >= 11 is 0. The number of furan rings is 2. The van der Waals surface area contributed by atoms with Crippen LogP contribution in [0.3, 0.4) is 0 Å². The van der Waals surface area contributed by atoms with Crippen LogP contribution in [0, 0.1) is 0 Å². The predicted molar refractivity (Wildman–Crippen MR) is 179 cm³/mol. The van der Waals surface area contributed by atoms with Crippen molar-refractivity contribution in [2.24, 2.45) is 0 Å². The number of nitrogens with zero attached hydrogens (tertiary/aromatic N) is 1. The fraction of sp³-hybridized carbons (Fsp3) is 0. The molecule has 0 aliphatic heterocycles. The largest absolute Gasteiger partial charge is 0.456 e. The minimum atomic E-state index is -0.524. The van der Waals surface area contributed by atoms with Crippen LogP contribution in [0.4, 0.5) is 17.1 Å². The molecule has 202 valence electrons. The van der Waals surface area contributed by atoms with Gasteiger partial charge in [0.2, 0.25) is 0 Å². The number of hydrogen-bond donors (Lipinski definition) is 0. The molecular weight excluding hydrogens is 526 g/mol. The molecule has 9 rings (SSSR count). The highest BCUT2D eigenvalue weighted by atomic mass is 16.3. The van der Waals surface area contributed by atoms with E-state index in [9.17, 15) is 1.37 Å². The summed E-state index contributed by atoms with van der Waals surface area (Å²) in [6.45, 7) is 0. The molecule has 3 heteroatoms. The molecule has 0 saturated heterocycles. The normalized spacial score (nSPS) is 15.6. The van der Waals surface area contributed by atoms with Crippen molar-refractivity contribution in [2.45, 2.75) is 0 Å². The van der Waals surface area contributed by atoms with E-state index in [4.69, 9.17) is 23.9 Å². The Morgan fingerprint density at radius 1 is 0.465 bits per heavy atom. The molecule has 7 aromatic carbocycles. The molecular formula is C40H25NO2. The second-order valence-electron chi connectivity index (χ2n) is 10.1. The highest BCUT2D eigenvalue weighted by molar-refractivity contribution is 6.19. The number of hydrogen-bond acceptors (Lipinski definition) is 3. The van der Waals surface area contributed by atoms with Gasteiger partial charge in [0.25, 0.3) is 0 Å². The zero-order valence-corrected chi connectivity index (χ0v) is 22.3. The van der Waals surface area contributed by atoms with Gasteiger partial charge in [0.15, 0.2) is 0 Å². The molecule has 2 aromatic heterocycles. The number of anilines is 3. The van der Waals surface area contributed by atoms with Gasteiger partial charge in [0.05, 0.1) is 16.4 Å². The second kappa shape index (κ2) is 9.37. The molecule has 0 atom stereocenters. The maximum absolute atomic E-state index is 9.41. The van der Waals surface area contributed by atoms with Crippen molar-refractivity contribution in [2.75, 3.05) is 4.90 Å². The summed E-state index contributed by atoms with van der Waals surface area (Å²) in [4.78, 5) is 1.56. The van der Waals surface area contributed by atoms with Crippen molar-refractivity contribution >= 4 is 71.7 Å². The Balaban J connectivity index is 1.25. The third-order valence-corrected chi connectivity index (χ3v) is 7.61. The van der Waals surface area contributed by atoms with Crippen molar-refractivity contribution in [3.8, 4) is 11.1 Å². The standard InChI is InChI=1S/C40H25NO2/c1-2-8-29(9-3-1)41(31-21-22-33-32-10-4-6-12-36(32)43-39(33)25-31)30-19-16-26(17-20-30)28-15-14-27-18-23-38-40(35(27)24-28)34-11-5-7-13-37(34)42-38/h1-25H/i1D,2D,3D,5D,7D,8D,9D,11D,13D,18D,23D,24D. The predicted octanol–water partition coefficient (Wildman–Crippen LogP) is 11.8. The Morgan fingerprint density at radius 2 is 1.21 bits per heavy atom. The molecule has 0 saturated carbocycles. The van der Waals surface area contributed by atoms with E-state index in [1.807, 2.05) is 30.3 Å².